The van der Waals surface area contributed by atoms with Crippen molar-refractivity contribution in [3.8, 4) is 6.07 Å². The van der Waals surface area contributed by atoms with Crippen LogP contribution in [0.2, 0.25) is 10.0 Å². The van der Waals surface area contributed by atoms with Gasteiger partial charge in [-0.2, -0.15) is 5.26 Å². The lowest BCUT2D eigenvalue weighted by molar-refractivity contribution is 0.513. The summed E-state index contributed by atoms with van der Waals surface area (Å²) in [7, 11) is 1.79. The maximum atomic E-state index is 10.5. The van der Waals surface area contributed by atoms with E-state index < -0.39 is 0 Å². The number of nitrogens with zero attached hydrogens (tertiary/aromatic N) is 3. The van der Waals surface area contributed by atoms with Crippen molar-refractivity contribution in [1.29, 1.82) is 5.26 Å². The zero-order valence-electron chi connectivity index (χ0n) is 12.1. The number of hydrogen-bond acceptors (Lipinski definition) is 3. The molecule has 6 heteroatoms. The van der Waals surface area contributed by atoms with E-state index in [2.05, 4.69) is 4.98 Å². The van der Waals surface area contributed by atoms with Crippen molar-refractivity contribution in [2.24, 2.45) is 7.05 Å². The molecule has 1 N–H and O–H groups in total. The van der Waals surface area contributed by atoms with Crippen LogP contribution in [0.1, 0.15) is 11.4 Å². The smallest absolute Gasteiger partial charge is 0.155 e. The Balaban J connectivity index is 2.25. The van der Waals surface area contributed by atoms with Crippen molar-refractivity contribution < 1.29 is 5.11 Å². The highest BCUT2D eigenvalue weighted by Gasteiger charge is 2.18. The fraction of sp³-hybridized carbons (Fsp3) is 0.0588. The first-order valence-electron chi connectivity index (χ1n) is 6.73. The minimum absolute atomic E-state index is 0.0574. The largest absolute Gasteiger partial charge is 0.506 e. The van der Waals surface area contributed by atoms with Gasteiger partial charge in [0.15, 0.2) is 5.82 Å². The summed E-state index contributed by atoms with van der Waals surface area (Å²) in [4.78, 5) is 4.43. The monoisotopic (exact) mass is 343 g/mol. The van der Waals surface area contributed by atoms with Crippen LogP contribution < -0.4 is 0 Å². The van der Waals surface area contributed by atoms with Crippen LogP contribution in [0.15, 0.2) is 42.5 Å². The Kier molecular flexibility index (Phi) is 3.99. The number of fused-ring (bicyclic) bond motifs is 1. The number of nitriles is 1. The molecule has 0 radical (unpaired) electrons. The highest BCUT2D eigenvalue weighted by Crippen LogP contribution is 2.29. The van der Waals surface area contributed by atoms with Crippen LogP contribution in [0.3, 0.4) is 0 Å². The van der Waals surface area contributed by atoms with Crippen LogP contribution in [0.25, 0.3) is 22.4 Å². The topological polar surface area (TPSA) is 61.8 Å². The summed E-state index contributed by atoms with van der Waals surface area (Å²) in [5, 5.41) is 20.8. The van der Waals surface area contributed by atoms with Crippen LogP contribution in [-0.4, -0.2) is 14.7 Å². The fourth-order valence-electron chi connectivity index (χ4n) is 2.41. The second kappa shape index (κ2) is 5.96. The second-order valence-electron chi connectivity index (χ2n) is 4.98. The van der Waals surface area contributed by atoms with Crippen LogP contribution in [0.4, 0.5) is 0 Å². The Morgan fingerprint density at radius 3 is 2.43 bits per heavy atom. The molecule has 0 aliphatic carbocycles. The Morgan fingerprint density at radius 2 is 1.83 bits per heavy atom. The Hall–Kier alpha value is -2.48. The number of para-hydroxylation sites is 2. The fourth-order valence-corrected chi connectivity index (χ4v) is 2.94. The van der Waals surface area contributed by atoms with Crippen LogP contribution in [0, 0.1) is 11.3 Å². The number of aromatic nitrogens is 2. The molecule has 0 unspecified atom stereocenters. The van der Waals surface area contributed by atoms with Crippen molar-refractivity contribution in [2.45, 2.75) is 0 Å². The Morgan fingerprint density at radius 1 is 1.17 bits per heavy atom. The predicted molar refractivity (Wildman–Crippen MR) is 92.2 cm³/mol. The van der Waals surface area contributed by atoms with Gasteiger partial charge in [0, 0.05) is 22.7 Å². The number of aliphatic hydroxyl groups excluding tert-OH is 1. The molecule has 0 bridgehead atoms. The van der Waals surface area contributed by atoms with E-state index in [1.807, 2.05) is 30.3 Å². The molecule has 114 valence electrons. The third kappa shape index (κ3) is 2.77. The molecule has 1 heterocycles. The first kappa shape index (κ1) is 15.4. The van der Waals surface area contributed by atoms with E-state index in [9.17, 15) is 10.4 Å². The molecule has 0 fully saturated rings. The third-order valence-electron chi connectivity index (χ3n) is 3.50. The first-order valence-corrected chi connectivity index (χ1v) is 7.48. The molecule has 0 spiro atoms. The molecule has 0 aliphatic rings. The summed E-state index contributed by atoms with van der Waals surface area (Å²) in [5.41, 5.74) is 2.04. The molecule has 0 saturated carbocycles. The minimum atomic E-state index is -0.213. The molecule has 4 nitrogen and oxygen atoms in total. The van der Waals surface area contributed by atoms with Crippen molar-refractivity contribution >= 4 is 45.6 Å². The first-order chi connectivity index (χ1) is 11.0. The summed E-state index contributed by atoms with van der Waals surface area (Å²) >= 11 is 11.9. The molecule has 0 aliphatic heterocycles. The van der Waals surface area contributed by atoms with Gasteiger partial charge in [-0.15, -0.1) is 0 Å². The van der Waals surface area contributed by atoms with Gasteiger partial charge in [0.05, 0.1) is 11.0 Å². The van der Waals surface area contributed by atoms with Crippen molar-refractivity contribution in [1.82, 2.24) is 9.55 Å². The molecule has 0 amide bonds. The van der Waals surface area contributed by atoms with Crippen molar-refractivity contribution in [3.05, 3.63) is 63.9 Å². The number of halogens is 2. The number of aryl methyl sites for hydroxylation is 1. The van der Waals surface area contributed by atoms with Gasteiger partial charge in [-0.1, -0.05) is 35.3 Å². The van der Waals surface area contributed by atoms with Gasteiger partial charge in [-0.3, -0.25) is 0 Å². The summed E-state index contributed by atoms with van der Waals surface area (Å²) < 4.78 is 1.76. The molecule has 3 rings (SSSR count). The Labute approximate surface area is 142 Å². The highest BCUT2D eigenvalue weighted by atomic mass is 35.5. The average Bonchev–Trinajstić information content (AvgIpc) is 2.85. The van der Waals surface area contributed by atoms with Gasteiger partial charge in [0.1, 0.15) is 17.4 Å². The van der Waals surface area contributed by atoms with E-state index in [4.69, 9.17) is 23.2 Å². The summed E-state index contributed by atoms with van der Waals surface area (Å²) in [6, 6.07) is 14.2. The third-order valence-corrected chi connectivity index (χ3v) is 3.93. The lowest BCUT2D eigenvalue weighted by Gasteiger charge is -2.06. The molecule has 2 aromatic carbocycles. The van der Waals surface area contributed by atoms with E-state index in [0.29, 0.717) is 21.4 Å². The van der Waals surface area contributed by atoms with E-state index in [1.54, 1.807) is 29.8 Å². The predicted octanol–water partition coefficient (Wildman–Crippen LogP) is 4.83. The van der Waals surface area contributed by atoms with E-state index in [-0.39, 0.29) is 11.3 Å². The summed E-state index contributed by atoms with van der Waals surface area (Å²) in [5.74, 6) is 0.164. The quantitative estimate of drug-likeness (QED) is 0.535. The van der Waals surface area contributed by atoms with Gasteiger partial charge in [0.25, 0.3) is 0 Å². The molecule has 0 atom stereocenters. The van der Waals surface area contributed by atoms with Crippen LogP contribution in [0.5, 0.6) is 0 Å². The number of imidazole rings is 1. The number of hydrogen-bond donors (Lipinski definition) is 1. The molecule has 23 heavy (non-hydrogen) atoms. The van der Waals surface area contributed by atoms with Gasteiger partial charge in [-0.25, -0.2) is 4.98 Å². The summed E-state index contributed by atoms with van der Waals surface area (Å²) in [6.45, 7) is 0. The lowest BCUT2D eigenvalue weighted by Crippen LogP contribution is -1.99. The number of benzene rings is 2. The zero-order valence-corrected chi connectivity index (χ0v) is 13.6. The maximum Gasteiger partial charge on any atom is 0.155 e. The van der Waals surface area contributed by atoms with Gasteiger partial charge < -0.3 is 9.67 Å². The lowest BCUT2D eigenvalue weighted by atomic mass is 10.1. The van der Waals surface area contributed by atoms with E-state index >= 15 is 0 Å². The maximum absolute atomic E-state index is 10.5. The van der Waals surface area contributed by atoms with Crippen LogP contribution in [-0.2, 0) is 7.05 Å². The van der Waals surface area contributed by atoms with E-state index in [0.717, 1.165) is 11.0 Å². The summed E-state index contributed by atoms with van der Waals surface area (Å²) in [6.07, 6.45) is 0. The average molecular weight is 344 g/mol. The molecular weight excluding hydrogens is 333 g/mol. The number of aliphatic hydroxyl groups is 1. The van der Waals surface area contributed by atoms with Crippen molar-refractivity contribution in [2.75, 3.05) is 0 Å². The molecular formula is C17H11Cl2N3O. The van der Waals surface area contributed by atoms with Gasteiger partial charge in [0.2, 0.25) is 0 Å². The Bertz CT molecular complexity index is 963. The molecule has 0 saturated heterocycles. The van der Waals surface area contributed by atoms with Gasteiger partial charge in [-0.05, 0) is 30.3 Å². The highest BCUT2D eigenvalue weighted by molar-refractivity contribution is 6.34. The second-order valence-corrected chi connectivity index (χ2v) is 5.85. The standard InChI is InChI=1S/C17H11Cl2N3O/c1-22-15-5-3-2-4-14(15)21-17(22)13(9-20)16(23)10-6-11(18)8-12(19)7-10/h2-8,23H,1H3/b16-13-. The SMILES string of the molecule is Cn1c(/C(C#N)=C(\O)c2cc(Cl)cc(Cl)c2)nc2ccccc21. The zero-order chi connectivity index (χ0) is 16.6. The van der Waals surface area contributed by atoms with E-state index in [1.165, 1.54) is 0 Å². The van der Waals surface area contributed by atoms with Crippen LogP contribution >= 0.6 is 23.2 Å². The van der Waals surface area contributed by atoms with Crippen molar-refractivity contribution in [3.63, 3.8) is 0 Å². The molecule has 3 aromatic rings. The number of allylic oxidation sites excluding steroid dienone is 1. The molecule has 1 aromatic heterocycles. The minimum Gasteiger partial charge on any atom is -0.506 e. The van der Waals surface area contributed by atoms with Gasteiger partial charge >= 0.3 is 0 Å². The normalized spacial score (nSPS) is 12.1. The number of rotatable bonds is 2.